The molecule has 2 aromatic carbocycles. The molecule has 0 aromatic heterocycles. The molecular formula is C26H33N3O3. The average molecular weight is 436 g/mol. The summed E-state index contributed by atoms with van der Waals surface area (Å²) >= 11 is 0. The Kier molecular flexibility index (Phi) is 6.68. The Morgan fingerprint density at radius 3 is 2.41 bits per heavy atom. The smallest absolute Gasteiger partial charge is 0.257 e. The maximum absolute atomic E-state index is 13.3. The Morgan fingerprint density at radius 1 is 1.00 bits per heavy atom. The SMILES string of the molecule is COc1cc(NC(=O)c2ccc(N(C)C)cc2)ccc1C(=O)N1CCC2CCCC[C@H]2C1. The number of nitrogens with one attached hydrogen (secondary N) is 1. The van der Waals surface area contributed by atoms with Crippen molar-refractivity contribution in [1.82, 2.24) is 4.90 Å². The molecule has 2 atom stereocenters. The van der Waals surface area contributed by atoms with Gasteiger partial charge in [-0.2, -0.15) is 0 Å². The number of anilines is 2. The minimum Gasteiger partial charge on any atom is -0.496 e. The Balaban J connectivity index is 1.45. The predicted molar refractivity (Wildman–Crippen MR) is 128 cm³/mol. The highest BCUT2D eigenvalue weighted by Crippen LogP contribution is 2.37. The number of likely N-dealkylation sites (tertiary alicyclic amines) is 1. The van der Waals surface area contributed by atoms with Crippen LogP contribution >= 0.6 is 0 Å². The zero-order valence-electron chi connectivity index (χ0n) is 19.3. The summed E-state index contributed by atoms with van der Waals surface area (Å²) in [6, 6.07) is 12.7. The van der Waals surface area contributed by atoms with Gasteiger partial charge < -0.3 is 19.9 Å². The van der Waals surface area contributed by atoms with Crippen molar-refractivity contribution in [3.63, 3.8) is 0 Å². The quantitative estimate of drug-likeness (QED) is 0.742. The summed E-state index contributed by atoms with van der Waals surface area (Å²) in [6.45, 7) is 1.65. The maximum atomic E-state index is 13.3. The topological polar surface area (TPSA) is 61.9 Å². The lowest BCUT2D eigenvalue weighted by Crippen LogP contribution is -2.44. The molecule has 32 heavy (non-hydrogen) atoms. The third-order valence-corrected chi connectivity index (χ3v) is 6.91. The van der Waals surface area contributed by atoms with Crippen molar-refractivity contribution >= 4 is 23.2 Å². The largest absolute Gasteiger partial charge is 0.496 e. The first-order valence-corrected chi connectivity index (χ1v) is 11.5. The van der Waals surface area contributed by atoms with Crippen LogP contribution in [0.15, 0.2) is 42.5 Å². The van der Waals surface area contributed by atoms with E-state index in [0.29, 0.717) is 28.5 Å². The number of carbonyl (C=O) groups is 2. The summed E-state index contributed by atoms with van der Waals surface area (Å²) in [5.74, 6) is 1.71. The van der Waals surface area contributed by atoms with E-state index in [1.807, 2.05) is 36.0 Å². The molecule has 1 unspecified atom stereocenters. The lowest BCUT2D eigenvalue weighted by Gasteiger charge is -2.41. The number of benzene rings is 2. The number of hydrogen-bond donors (Lipinski definition) is 1. The van der Waals surface area contributed by atoms with E-state index in [2.05, 4.69) is 5.32 Å². The molecule has 0 spiro atoms. The standard InChI is InChI=1S/C26H33N3O3/c1-28(2)22-11-8-19(9-12-22)25(30)27-21-10-13-23(24(16-21)32-3)26(31)29-15-14-18-6-4-5-7-20(18)17-29/h8-13,16,18,20H,4-7,14-15,17H2,1-3H3,(H,27,30)/t18?,20-/m0/s1. The van der Waals surface area contributed by atoms with Crippen molar-refractivity contribution < 1.29 is 14.3 Å². The van der Waals surface area contributed by atoms with Crippen molar-refractivity contribution in [2.75, 3.05) is 44.5 Å². The molecule has 2 aliphatic rings. The van der Waals surface area contributed by atoms with Gasteiger partial charge in [0.15, 0.2) is 0 Å². The zero-order chi connectivity index (χ0) is 22.7. The van der Waals surface area contributed by atoms with Crippen molar-refractivity contribution in [1.29, 1.82) is 0 Å². The lowest BCUT2D eigenvalue weighted by atomic mass is 9.75. The van der Waals surface area contributed by atoms with Crippen molar-refractivity contribution in [2.24, 2.45) is 11.8 Å². The van der Waals surface area contributed by atoms with Crippen LogP contribution in [0.2, 0.25) is 0 Å². The molecule has 0 bridgehead atoms. The van der Waals surface area contributed by atoms with E-state index in [0.717, 1.165) is 31.1 Å². The highest BCUT2D eigenvalue weighted by molar-refractivity contribution is 6.05. The molecule has 170 valence electrons. The second kappa shape index (κ2) is 9.63. The molecule has 4 rings (SSSR count). The summed E-state index contributed by atoms with van der Waals surface area (Å²) in [4.78, 5) is 29.9. The second-order valence-corrected chi connectivity index (χ2v) is 9.15. The predicted octanol–water partition coefficient (Wildman–Crippen LogP) is 4.67. The van der Waals surface area contributed by atoms with Gasteiger partial charge in [-0.3, -0.25) is 9.59 Å². The van der Waals surface area contributed by atoms with Gasteiger partial charge in [-0.15, -0.1) is 0 Å². The van der Waals surface area contributed by atoms with Gasteiger partial charge in [0.25, 0.3) is 11.8 Å². The van der Waals surface area contributed by atoms with Gasteiger partial charge in [0, 0.05) is 50.2 Å². The number of amides is 2. The van der Waals surface area contributed by atoms with Crippen LogP contribution in [0.3, 0.4) is 0 Å². The number of carbonyl (C=O) groups excluding carboxylic acids is 2. The van der Waals surface area contributed by atoms with Gasteiger partial charge in [-0.1, -0.05) is 19.3 Å². The minimum absolute atomic E-state index is 0.0167. The van der Waals surface area contributed by atoms with Crippen molar-refractivity contribution in [3.05, 3.63) is 53.6 Å². The number of nitrogens with zero attached hydrogens (tertiary/aromatic N) is 2. The highest BCUT2D eigenvalue weighted by atomic mass is 16.5. The Labute approximate surface area is 190 Å². The van der Waals surface area contributed by atoms with Crippen LogP contribution in [0, 0.1) is 11.8 Å². The number of piperidine rings is 1. The van der Waals surface area contributed by atoms with Crippen LogP contribution in [0.4, 0.5) is 11.4 Å². The van der Waals surface area contributed by atoms with Crippen LogP contribution in [0.25, 0.3) is 0 Å². The van der Waals surface area contributed by atoms with E-state index in [4.69, 9.17) is 4.74 Å². The Hall–Kier alpha value is -3.02. The summed E-state index contributed by atoms with van der Waals surface area (Å²) in [6.07, 6.45) is 6.24. The summed E-state index contributed by atoms with van der Waals surface area (Å²) in [7, 11) is 5.48. The van der Waals surface area contributed by atoms with Gasteiger partial charge >= 0.3 is 0 Å². The number of hydrogen-bond acceptors (Lipinski definition) is 4. The van der Waals surface area contributed by atoms with Crippen LogP contribution in [0.1, 0.15) is 52.8 Å². The first kappa shape index (κ1) is 22.2. The third-order valence-electron chi connectivity index (χ3n) is 6.91. The molecule has 1 aliphatic carbocycles. The summed E-state index contributed by atoms with van der Waals surface area (Å²) in [5.41, 5.74) is 2.76. The molecule has 1 N–H and O–H groups in total. The lowest BCUT2D eigenvalue weighted by molar-refractivity contribution is 0.0518. The van der Waals surface area contributed by atoms with Gasteiger partial charge in [-0.25, -0.2) is 0 Å². The van der Waals surface area contributed by atoms with Crippen LogP contribution in [-0.2, 0) is 0 Å². The number of methoxy groups -OCH3 is 1. The Bertz CT molecular complexity index is 971. The zero-order valence-corrected chi connectivity index (χ0v) is 19.3. The highest BCUT2D eigenvalue weighted by Gasteiger charge is 2.33. The monoisotopic (exact) mass is 435 g/mol. The minimum atomic E-state index is -0.198. The molecule has 2 amide bonds. The molecular weight excluding hydrogens is 402 g/mol. The molecule has 1 heterocycles. The van der Waals surface area contributed by atoms with E-state index in [1.54, 1.807) is 37.4 Å². The molecule has 6 heteroatoms. The van der Waals surface area contributed by atoms with Gasteiger partial charge in [-0.05, 0) is 61.1 Å². The molecule has 1 saturated carbocycles. The third kappa shape index (κ3) is 4.74. The van der Waals surface area contributed by atoms with E-state index >= 15 is 0 Å². The van der Waals surface area contributed by atoms with Gasteiger partial charge in [0.2, 0.25) is 0 Å². The summed E-state index contributed by atoms with van der Waals surface area (Å²) in [5, 5.41) is 2.91. The molecule has 2 fully saturated rings. The second-order valence-electron chi connectivity index (χ2n) is 9.15. The fraction of sp³-hybridized carbons (Fsp3) is 0.462. The molecule has 1 saturated heterocycles. The van der Waals surface area contributed by atoms with E-state index in [9.17, 15) is 9.59 Å². The first-order chi connectivity index (χ1) is 15.5. The number of ether oxygens (including phenoxy) is 1. The van der Waals surface area contributed by atoms with Crippen LogP contribution < -0.4 is 15.0 Å². The molecule has 2 aromatic rings. The number of rotatable bonds is 5. The molecule has 0 radical (unpaired) electrons. The normalized spacial score (nSPS) is 20.3. The van der Waals surface area contributed by atoms with E-state index in [-0.39, 0.29) is 11.8 Å². The van der Waals surface area contributed by atoms with Crippen LogP contribution in [-0.4, -0.2) is 51.0 Å². The van der Waals surface area contributed by atoms with Gasteiger partial charge in [0.05, 0.1) is 12.7 Å². The maximum Gasteiger partial charge on any atom is 0.257 e. The Morgan fingerprint density at radius 2 is 1.72 bits per heavy atom. The number of fused-ring (bicyclic) bond motifs is 1. The van der Waals surface area contributed by atoms with Crippen LogP contribution in [0.5, 0.6) is 5.75 Å². The van der Waals surface area contributed by atoms with E-state index < -0.39 is 0 Å². The molecule has 1 aliphatic heterocycles. The van der Waals surface area contributed by atoms with Crippen molar-refractivity contribution in [3.8, 4) is 5.75 Å². The molecule has 6 nitrogen and oxygen atoms in total. The van der Waals surface area contributed by atoms with E-state index in [1.165, 1.54) is 25.7 Å². The fourth-order valence-corrected chi connectivity index (χ4v) is 5.02. The average Bonchev–Trinajstić information content (AvgIpc) is 2.83. The fourth-order valence-electron chi connectivity index (χ4n) is 5.02. The summed E-state index contributed by atoms with van der Waals surface area (Å²) < 4.78 is 5.53. The van der Waals surface area contributed by atoms with Crippen molar-refractivity contribution in [2.45, 2.75) is 32.1 Å². The first-order valence-electron chi connectivity index (χ1n) is 11.5. The van der Waals surface area contributed by atoms with Gasteiger partial charge in [0.1, 0.15) is 5.75 Å².